The van der Waals surface area contributed by atoms with Crippen molar-refractivity contribution in [2.24, 2.45) is 5.92 Å². The largest absolute Gasteiger partial charge is 0.478 e. The molecule has 1 aromatic carbocycles. The Morgan fingerprint density at radius 3 is 2.41 bits per heavy atom. The highest BCUT2D eigenvalue weighted by Crippen LogP contribution is 2.23. The molecule has 2 aromatic rings. The lowest BCUT2D eigenvalue weighted by Crippen LogP contribution is -2.08. The van der Waals surface area contributed by atoms with Crippen molar-refractivity contribution in [3.8, 4) is 17.3 Å². The Kier molecular flexibility index (Phi) is 5.61. The van der Waals surface area contributed by atoms with Crippen LogP contribution in [0.15, 0.2) is 30.3 Å². The third-order valence-corrected chi connectivity index (χ3v) is 3.45. The Bertz CT molecular complexity index is 612. The summed E-state index contributed by atoms with van der Waals surface area (Å²) < 4.78 is 5.68. The van der Waals surface area contributed by atoms with Gasteiger partial charge in [-0.3, -0.25) is 0 Å². The standard InChI is InChI=1S/C17H22ClN3O/c1-12(2)9-10-22-16-11-15(18)19-17(20-16)13-5-7-14(8-6-13)21(3)4/h5-8,11-12H,9-10H2,1-4H3. The number of aromatic nitrogens is 2. The zero-order chi connectivity index (χ0) is 16.1. The second kappa shape index (κ2) is 7.45. The van der Waals surface area contributed by atoms with Crippen LogP contribution >= 0.6 is 11.6 Å². The van der Waals surface area contributed by atoms with Crippen molar-refractivity contribution in [1.82, 2.24) is 9.97 Å². The van der Waals surface area contributed by atoms with Gasteiger partial charge in [-0.15, -0.1) is 0 Å². The van der Waals surface area contributed by atoms with Gasteiger partial charge in [-0.25, -0.2) is 4.98 Å². The summed E-state index contributed by atoms with van der Waals surface area (Å²) in [5.74, 6) is 1.69. The Labute approximate surface area is 137 Å². The smallest absolute Gasteiger partial charge is 0.218 e. The minimum absolute atomic E-state index is 0.390. The van der Waals surface area contributed by atoms with E-state index in [1.165, 1.54) is 0 Å². The number of hydrogen-bond donors (Lipinski definition) is 0. The van der Waals surface area contributed by atoms with Crippen LogP contribution < -0.4 is 9.64 Å². The molecule has 0 saturated heterocycles. The molecule has 0 radical (unpaired) electrons. The molecule has 0 unspecified atom stereocenters. The van der Waals surface area contributed by atoms with Gasteiger partial charge in [0.25, 0.3) is 0 Å². The van der Waals surface area contributed by atoms with Crippen molar-refractivity contribution < 1.29 is 4.74 Å². The number of benzene rings is 1. The number of rotatable bonds is 6. The van der Waals surface area contributed by atoms with Crippen LogP contribution in [0.5, 0.6) is 5.88 Å². The fourth-order valence-corrected chi connectivity index (χ4v) is 2.08. The van der Waals surface area contributed by atoms with Gasteiger partial charge in [0.15, 0.2) is 5.82 Å². The van der Waals surface area contributed by atoms with Gasteiger partial charge >= 0.3 is 0 Å². The fourth-order valence-electron chi connectivity index (χ4n) is 1.91. The molecule has 0 bridgehead atoms. The Morgan fingerprint density at radius 1 is 1.14 bits per heavy atom. The number of halogens is 1. The summed E-state index contributed by atoms with van der Waals surface area (Å²) in [6.45, 7) is 4.95. The van der Waals surface area contributed by atoms with Gasteiger partial charge in [0.05, 0.1) is 6.61 Å². The van der Waals surface area contributed by atoms with E-state index in [-0.39, 0.29) is 0 Å². The third-order valence-electron chi connectivity index (χ3n) is 3.26. The highest BCUT2D eigenvalue weighted by atomic mass is 35.5. The Balaban J connectivity index is 2.18. The molecule has 1 aromatic heterocycles. The second-order valence-electron chi connectivity index (χ2n) is 5.82. The van der Waals surface area contributed by atoms with Crippen molar-refractivity contribution in [2.75, 3.05) is 25.6 Å². The topological polar surface area (TPSA) is 38.2 Å². The Morgan fingerprint density at radius 2 is 1.82 bits per heavy atom. The predicted molar refractivity (Wildman–Crippen MR) is 91.8 cm³/mol. The average molecular weight is 320 g/mol. The zero-order valence-electron chi connectivity index (χ0n) is 13.5. The maximum atomic E-state index is 6.08. The SMILES string of the molecule is CC(C)CCOc1cc(Cl)nc(-c2ccc(N(C)C)cc2)n1. The van der Waals surface area contributed by atoms with E-state index in [9.17, 15) is 0 Å². The molecule has 118 valence electrons. The van der Waals surface area contributed by atoms with E-state index in [0.717, 1.165) is 17.7 Å². The number of anilines is 1. The van der Waals surface area contributed by atoms with E-state index in [1.807, 2.05) is 43.3 Å². The minimum atomic E-state index is 0.390. The number of ether oxygens (including phenoxy) is 1. The second-order valence-corrected chi connectivity index (χ2v) is 6.21. The molecule has 22 heavy (non-hydrogen) atoms. The van der Waals surface area contributed by atoms with Gasteiger partial charge in [-0.1, -0.05) is 25.4 Å². The Hall–Kier alpha value is -1.81. The molecule has 0 aliphatic heterocycles. The van der Waals surface area contributed by atoms with Crippen LogP contribution in [-0.4, -0.2) is 30.7 Å². The molecule has 1 heterocycles. The van der Waals surface area contributed by atoms with Crippen LogP contribution in [0.1, 0.15) is 20.3 Å². The maximum absolute atomic E-state index is 6.08. The monoisotopic (exact) mass is 319 g/mol. The van der Waals surface area contributed by atoms with Crippen LogP contribution in [0, 0.1) is 5.92 Å². The van der Waals surface area contributed by atoms with Crippen LogP contribution in [0.25, 0.3) is 11.4 Å². The molecule has 0 saturated carbocycles. The highest BCUT2D eigenvalue weighted by molar-refractivity contribution is 6.29. The summed E-state index contributed by atoms with van der Waals surface area (Å²) in [6.07, 6.45) is 0.981. The van der Waals surface area contributed by atoms with Crippen molar-refractivity contribution in [1.29, 1.82) is 0 Å². The molecule has 0 N–H and O–H groups in total. The van der Waals surface area contributed by atoms with Gasteiger partial charge in [-0.2, -0.15) is 4.98 Å². The summed E-state index contributed by atoms with van der Waals surface area (Å²) in [7, 11) is 4.01. The molecule has 2 rings (SSSR count). The van der Waals surface area contributed by atoms with Crippen molar-refractivity contribution >= 4 is 17.3 Å². The van der Waals surface area contributed by atoms with E-state index in [2.05, 4.69) is 23.8 Å². The summed E-state index contributed by atoms with van der Waals surface area (Å²) in [5, 5.41) is 0.390. The highest BCUT2D eigenvalue weighted by Gasteiger charge is 2.08. The lowest BCUT2D eigenvalue weighted by Gasteiger charge is -2.13. The normalized spacial score (nSPS) is 10.8. The first kappa shape index (κ1) is 16.6. The maximum Gasteiger partial charge on any atom is 0.218 e. The van der Waals surface area contributed by atoms with E-state index in [0.29, 0.717) is 29.4 Å². The molecule has 4 nitrogen and oxygen atoms in total. The molecular weight excluding hydrogens is 298 g/mol. The van der Waals surface area contributed by atoms with E-state index >= 15 is 0 Å². The first-order chi connectivity index (χ1) is 10.5. The lowest BCUT2D eigenvalue weighted by molar-refractivity contribution is 0.279. The quantitative estimate of drug-likeness (QED) is 0.745. The molecular formula is C17H22ClN3O. The third kappa shape index (κ3) is 4.60. The van der Waals surface area contributed by atoms with Crippen LogP contribution in [0.3, 0.4) is 0 Å². The number of hydrogen-bond acceptors (Lipinski definition) is 4. The summed E-state index contributed by atoms with van der Waals surface area (Å²) in [4.78, 5) is 10.8. The van der Waals surface area contributed by atoms with Gasteiger partial charge in [0.2, 0.25) is 5.88 Å². The fraction of sp³-hybridized carbons (Fsp3) is 0.412. The zero-order valence-corrected chi connectivity index (χ0v) is 14.3. The molecule has 0 atom stereocenters. The molecule has 0 amide bonds. The number of nitrogens with zero attached hydrogens (tertiary/aromatic N) is 3. The van der Waals surface area contributed by atoms with Crippen molar-refractivity contribution in [3.63, 3.8) is 0 Å². The van der Waals surface area contributed by atoms with E-state index in [4.69, 9.17) is 16.3 Å². The van der Waals surface area contributed by atoms with Crippen LogP contribution in [-0.2, 0) is 0 Å². The van der Waals surface area contributed by atoms with Gasteiger partial charge in [0.1, 0.15) is 5.15 Å². The molecule has 0 aliphatic rings. The summed E-state index contributed by atoms with van der Waals surface area (Å²) in [5.41, 5.74) is 2.04. The van der Waals surface area contributed by atoms with Crippen LogP contribution in [0.4, 0.5) is 5.69 Å². The van der Waals surface area contributed by atoms with Crippen molar-refractivity contribution in [3.05, 3.63) is 35.5 Å². The minimum Gasteiger partial charge on any atom is -0.478 e. The summed E-state index contributed by atoms with van der Waals surface area (Å²) >= 11 is 6.08. The van der Waals surface area contributed by atoms with Gasteiger partial charge in [-0.05, 0) is 36.6 Å². The molecule has 0 spiro atoms. The summed E-state index contributed by atoms with van der Waals surface area (Å²) in [6, 6.07) is 9.68. The molecule has 0 aliphatic carbocycles. The molecule has 0 fully saturated rings. The van der Waals surface area contributed by atoms with Gasteiger partial charge in [0, 0.05) is 31.4 Å². The van der Waals surface area contributed by atoms with Crippen molar-refractivity contribution in [2.45, 2.75) is 20.3 Å². The van der Waals surface area contributed by atoms with E-state index in [1.54, 1.807) is 6.07 Å². The van der Waals surface area contributed by atoms with Gasteiger partial charge < -0.3 is 9.64 Å². The first-order valence-corrected chi connectivity index (χ1v) is 7.78. The lowest BCUT2D eigenvalue weighted by atomic mass is 10.1. The van der Waals surface area contributed by atoms with Crippen LogP contribution in [0.2, 0.25) is 5.15 Å². The average Bonchev–Trinajstić information content (AvgIpc) is 2.46. The molecule has 5 heteroatoms. The first-order valence-electron chi connectivity index (χ1n) is 7.41. The predicted octanol–water partition coefficient (Wildman–Crippen LogP) is 4.29. The van der Waals surface area contributed by atoms with E-state index < -0.39 is 0 Å².